The molecule has 0 saturated heterocycles. The van der Waals surface area contributed by atoms with Gasteiger partial charge in [0.25, 0.3) is 0 Å². The van der Waals surface area contributed by atoms with Crippen molar-refractivity contribution < 1.29 is 14.2 Å². The third-order valence-corrected chi connectivity index (χ3v) is 2.98. The number of benzene rings is 1. The molecule has 0 radical (unpaired) electrons. The molecule has 0 spiro atoms. The van der Waals surface area contributed by atoms with Crippen LogP contribution in [-0.4, -0.2) is 34.1 Å². The van der Waals surface area contributed by atoms with Gasteiger partial charge in [-0.2, -0.15) is 5.10 Å². The van der Waals surface area contributed by atoms with Crippen LogP contribution in [0, 0.1) is 5.82 Å². The zero-order valence-corrected chi connectivity index (χ0v) is 12.0. The second-order valence-corrected chi connectivity index (χ2v) is 4.75. The number of aryl methyl sites for hydroxylation is 1. The minimum atomic E-state index is -0.628. The van der Waals surface area contributed by atoms with Crippen LogP contribution in [0.5, 0.6) is 5.75 Å². The van der Waals surface area contributed by atoms with E-state index in [0.29, 0.717) is 18.8 Å². The molecule has 0 aliphatic heterocycles. The van der Waals surface area contributed by atoms with Gasteiger partial charge in [0.15, 0.2) is 0 Å². The molecule has 2 aromatic rings. The molecule has 0 bridgehead atoms. The highest BCUT2D eigenvalue weighted by molar-refractivity contribution is 5.22. The fraction of sp³-hybridized carbons (Fsp3) is 0.400. The summed E-state index contributed by atoms with van der Waals surface area (Å²) in [5, 5.41) is 17.1. The molecule has 0 amide bonds. The molecular formula is C15H20FN3O2. The van der Waals surface area contributed by atoms with E-state index < -0.39 is 6.10 Å². The van der Waals surface area contributed by atoms with Crippen molar-refractivity contribution in [3.8, 4) is 5.75 Å². The SMILES string of the molecule is CCn1cc(CNCC(O)COc2ccc(F)cc2)cn1. The first kappa shape index (κ1) is 15.5. The minimum absolute atomic E-state index is 0.160. The lowest BCUT2D eigenvalue weighted by Crippen LogP contribution is -2.31. The van der Waals surface area contributed by atoms with Crippen molar-refractivity contribution in [1.82, 2.24) is 15.1 Å². The van der Waals surface area contributed by atoms with E-state index in [2.05, 4.69) is 10.4 Å². The van der Waals surface area contributed by atoms with Crippen molar-refractivity contribution >= 4 is 0 Å². The number of rotatable bonds is 8. The van der Waals surface area contributed by atoms with Gasteiger partial charge in [-0.25, -0.2) is 4.39 Å². The Balaban J connectivity index is 1.65. The molecule has 21 heavy (non-hydrogen) atoms. The Morgan fingerprint density at radius 2 is 2.14 bits per heavy atom. The van der Waals surface area contributed by atoms with Gasteiger partial charge >= 0.3 is 0 Å². The Hall–Kier alpha value is -1.92. The summed E-state index contributed by atoms with van der Waals surface area (Å²) in [4.78, 5) is 0. The third-order valence-electron chi connectivity index (χ3n) is 2.98. The molecular weight excluding hydrogens is 273 g/mol. The molecule has 1 heterocycles. The molecule has 0 aliphatic rings. The molecule has 0 fully saturated rings. The van der Waals surface area contributed by atoms with Crippen molar-refractivity contribution in [2.24, 2.45) is 0 Å². The predicted octanol–water partition coefficient (Wildman–Crippen LogP) is 1.57. The van der Waals surface area contributed by atoms with Gasteiger partial charge in [0.05, 0.1) is 6.20 Å². The van der Waals surface area contributed by atoms with Crippen LogP contribution < -0.4 is 10.1 Å². The van der Waals surface area contributed by atoms with Crippen LogP contribution >= 0.6 is 0 Å². The molecule has 1 unspecified atom stereocenters. The van der Waals surface area contributed by atoms with Crippen molar-refractivity contribution in [2.45, 2.75) is 26.1 Å². The first-order valence-electron chi connectivity index (χ1n) is 6.96. The lowest BCUT2D eigenvalue weighted by Gasteiger charge is -2.13. The van der Waals surface area contributed by atoms with Crippen LogP contribution in [0.4, 0.5) is 4.39 Å². The molecule has 1 aromatic carbocycles. The van der Waals surface area contributed by atoms with Crippen LogP contribution in [0.25, 0.3) is 0 Å². The van der Waals surface area contributed by atoms with Crippen LogP contribution in [0.15, 0.2) is 36.7 Å². The summed E-state index contributed by atoms with van der Waals surface area (Å²) < 4.78 is 19.9. The molecule has 1 atom stereocenters. The molecule has 0 aliphatic carbocycles. The summed E-state index contributed by atoms with van der Waals surface area (Å²) in [6.07, 6.45) is 3.14. The fourth-order valence-corrected chi connectivity index (χ4v) is 1.84. The molecule has 6 heteroatoms. The largest absolute Gasteiger partial charge is 0.491 e. The summed E-state index contributed by atoms with van der Waals surface area (Å²) in [6.45, 7) is 4.09. The predicted molar refractivity (Wildman–Crippen MR) is 77.5 cm³/mol. The zero-order valence-electron chi connectivity index (χ0n) is 12.0. The third kappa shape index (κ3) is 5.17. The molecule has 2 N–H and O–H groups in total. The number of hydrogen-bond donors (Lipinski definition) is 2. The van der Waals surface area contributed by atoms with E-state index in [9.17, 15) is 9.50 Å². The molecule has 2 rings (SSSR count). The van der Waals surface area contributed by atoms with Gasteiger partial charge in [-0.05, 0) is 31.2 Å². The zero-order chi connectivity index (χ0) is 15.1. The van der Waals surface area contributed by atoms with E-state index in [1.165, 1.54) is 24.3 Å². The van der Waals surface area contributed by atoms with Crippen molar-refractivity contribution in [3.05, 3.63) is 48.0 Å². The summed E-state index contributed by atoms with van der Waals surface area (Å²) in [6, 6.07) is 5.72. The molecule has 1 aromatic heterocycles. The molecule has 0 saturated carbocycles. The molecule has 114 valence electrons. The average molecular weight is 293 g/mol. The van der Waals surface area contributed by atoms with Crippen molar-refractivity contribution in [1.29, 1.82) is 0 Å². The first-order valence-corrected chi connectivity index (χ1v) is 6.96. The maximum Gasteiger partial charge on any atom is 0.123 e. The Kier molecular flexibility index (Phi) is 5.71. The van der Waals surface area contributed by atoms with Crippen LogP contribution in [0.3, 0.4) is 0 Å². The Bertz CT molecular complexity index is 542. The number of aliphatic hydroxyl groups is 1. The van der Waals surface area contributed by atoms with E-state index >= 15 is 0 Å². The highest BCUT2D eigenvalue weighted by Crippen LogP contribution is 2.11. The number of nitrogens with one attached hydrogen (secondary N) is 1. The topological polar surface area (TPSA) is 59.3 Å². The smallest absolute Gasteiger partial charge is 0.123 e. The van der Waals surface area contributed by atoms with Gasteiger partial charge < -0.3 is 15.2 Å². The quantitative estimate of drug-likeness (QED) is 0.775. The Labute approximate surface area is 123 Å². The van der Waals surface area contributed by atoms with Crippen molar-refractivity contribution in [2.75, 3.05) is 13.2 Å². The monoisotopic (exact) mass is 293 g/mol. The van der Waals surface area contributed by atoms with E-state index in [0.717, 1.165) is 12.1 Å². The number of nitrogens with zero attached hydrogens (tertiary/aromatic N) is 2. The standard InChI is InChI=1S/C15H20FN3O2/c1-2-19-10-12(8-18-19)7-17-9-14(20)11-21-15-5-3-13(16)4-6-15/h3-6,8,10,14,17,20H,2,7,9,11H2,1H3. The van der Waals surface area contributed by atoms with Crippen molar-refractivity contribution in [3.63, 3.8) is 0 Å². The molecule has 5 nitrogen and oxygen atoms in total. The van der Waals surface area contributed by atoms with E-state index in [-0.39, 0.29) is 12.4 Å². The van der Waals surface area contributed by atoms with E-state index in [1.54, 1.807) is 6.20 Å². The highest BCUT2D eigenvalue weighted by Gasteiger charge is 2.06. The first-order chi connectivity index (χ1) is 10.2. The lowest BCUT2D eigenvalue weighted by atomic mass is 10.3. The Morgan fingerprint density at radius 1 is 1.38 bits per heavy atom. The normalized spacial score (nSPS) is 12.3. The van der Waals surface area contributed by atoms with Crippen LogP contribution in [0.2, 0.25) is 0 Å². The van der Waals surface area contributed by atoms with Gasteiger partial charge in [0.1, 0.15) is 24.3 Å². The maximum atomic E-state index is 12.7. The van der Waals surface area contributed by atoms with Gasteiger partial charge in [-0.3, -0.25) is 4.68 Å². The summed E-state index contributed by atoms with van der Waals surface area (Å²) in [5.41, 5.74) is 1.07. The van der Waals surface area contributed by atoms with E-state index in [4.69, 9.17) is 4.74 Å². The maximum absolute atomic E-state index is 12.7. The summed E-state index contributed by atoms with van der Waals surface area (Å²) >= 11 is 0. The van der Waals surface area contributed by atoms with E-state index in [1.807, 2.05) is 17.8 Å². The van der Waals surface area contributed by atoms with Gasteiger partial charge in [0, 0.05) is 31.4 Å². The minimum Gasteiger partial charge on any atom is -0.491 e. The van der Waals surface area contributed by atoms with Gasteiger partial charge in [-0.15, -0.1) is 0 Å². The summed E-state index contributed by atoms with van der Waals surface area (Å²) in [5.74, 6) is 0.233. The van der Waals surface area contributed by atoms with Gasteiger partial charge in [0.2, 0.25) is 0 Å². The summed E-state index contributed by atoms with van der Waals surface area (Å²) in [7, 11) is 0. The second-order valence-electron chi connectivity index (χ2n) is 4.75. The highest BCUT2D eigenvalue weighted by atomic mass is 19.1. The van der Waals surface area contributed by atoms with Gasteiger partial charge in [-0.1, -0.05) is 0 Å². The fourth-order valence-electron chi connectivity index (χ4n) is 1.84. The lowest BCUT2D eigenvalue weighted by molar-refractivity contribution is 0.106. The second kappa shape index (κ2) is 7.75. The Morgan fingerprint density at radius 3 is 2.81 bits per heavy atom. The number of aliphatic hydroxyl groups excluding tert-OH is 1. The number of hydrogen-bond acceptors (Lipinski definition) is 4. The van der Waals surface area contributed by atoms with Crippen LogP contribution in [-0.2, 0) is 13.1 Å². The number of aromatic nitrogens is 2. The number of halogens is 1. The average Bonchev–Trinajstić information content (AvgIpc) is 2.95. The number of ether oxygens (including phenoxy) is 1. The van der Waals surface area contributed by atoms with Crippen LogP contribution in [0.1, 0.15) is 12.5 Å².